The number of para-hydroxylation sites is 1. The molecule has 0 aliphatic carbocycles. The summed E-state index contributed by atoms with van der Waals surface area (Å²) in [6.45, 7) is 1.90. The van der Waals surface area contributed by atoms with Crippen molar-refractivity contribution in [3.8, 4) is 0 Å². The van der Waals surface area contributed by atoms with Gasteiger partial charge in [-0.25, -0.2) is 0 Å². The van der Waals surface area contributed by atoms with Crippen LogP contribution < -0.4 is 10.5 Å². The van der Waals surface area contributed by atoms with Crippen molar-refractivity contribution < 1.29 is 18.0 Å². The number of hydrogen-bond donors (Lipinski definition) is 0. The fourth-order valence-electron chi connectivity index (χ4n) is 3.84. The highest BCUT2D eigenvalue weighted by molar-refractivity contribution is 6.07. The molecule has 7 heteroatoms. The van der Waals surface area contributed by atoms with Crippen LogP contribution >= 0.6 is 0 Å². The highest BCUT2D eigenvalue weighted by Gasteiger charge is 2.32. The van der Waals surface area contributed by atoms with Crippen LogP contribution in [0.1, 0.15) is 34.0 Å². The number of nitrogens with zero attached hydrogens (tertiary/aromatic N) is 2. The topological polar surface area (TPSA) is 42.3 Å². The first-order valence-corrected chi connectivity index (χ1v) is 9.52. The van der Waals surface area contributed by atoms with E-state index < -0.39 is 11.7 Å². The van der Waals surface area contributed by atoms with E-state index in [1.54, 1.807) is 4.90 Å². The van der Waals surface area contributed by atoms with Gasteiger partial charge in [0.2, 0.25) is 0 Å². The zero-order valence-corrected chi connectivity index (χ0v) is 16.2. The molecule has 4 rings (SSSR count). The second-order valence-corrected chi connectivity index (χ2v) is 7.44. The Hall–Kier alpha value is -3.35. The summed E-state index contributed by atoms with van der Waals surface area (Å²) < 4.78 is 40.2. The van der Waals surface area contributed by atoms with Gasteiger partial charge in [0.15, 0.2) is 0 Å². The van der Waals surface area contributed by atoms with Gasteiger partial charge < -0.3 is 9.47 Å². The van der Waals surface area contributed by atoms with Gasteiger partial charge >= 0.3 is 6.18 Å². The van der Waals surface area contributed by atoms with Crippen LogP contribution in [-0.4, -0.2) is 16.5 Å². The Labute approximate surface area is 171 Å². The standard InChI is InChI=1S/C23H19F3N2O2/c1-15-11-17-6-2-3-8-20(17)28(15)22(30)18-9-10-21(29)27(14-18)13-16-5-4-7-19(12-16)23(24,25)26/h2-10,12,14-15H,11,13H2,1H3/t15-/m0/s1. The molecule has 2 aromatic carbocycles. The van der Waals surface area contributed by atoms with Gasteiger partial charge in [-0.3, -0.25) is 9.59 Å². The first-order chi connectivity index (χ1) is 14.2. The number of pyridine rings is 1. The number of carbonyl (C=O) groups excluding carboxylic acids is 1. The highest BCUT2D eigenvalue weighted by Crippen LogP contribution is 2.33. The number of alkyl halides is 3. The molecule has 0 bridgehead atoms. The first kappa shape index (κ1) is 19.9. The Morgan fingerprint density at radius 3 is 2.60 bits per heavy atom. The number of amides is 1. The van der Waals surface area contributed by atoms with Crippen LogP contribution in [-0.2, 0) is 19.1 Å². The van der Waals surface area contributed by atoms with E-state index in [0.717, 1.165) is 29.8 Å². The molecule has 154 valence electrons. The molecular weight excluding hydrogens is 393 g/mol. The number of benzene rings is 2. The number of anilines is 1. The quantitative estimate of drug-likeness (QED) is 0.635. The van der Waals surface area contributed by atoms with E-state index >= 15 is 0 Å². The maximum absolute atomic E-state index is 13.2. The van der Waals surface area contributed by atoms with Gasteiger partial charge in [-0.05, 0) is 48.7 Å². The molecule has 3 aromatic rings. The number of fused-ring (bicyclic) bond motifs is 1. The van der Waals surface area contributed by atoms with Crippen LogP contribution in [0.25, 0.3) is 0 Å². The van der Waals surface area contributed by atoms with Crippen LogP contribution in [0.3, 0.4) is 0 Å². The summed E-state index contributed by atoms with van der Waals surface area (Å²) in [5.74, 6) is -0.245. The molecule has 1 amide bonds. The van der Waals surface area contributed by atoms with E-state index in [1.807, 2.05) is 31.2 Å². The van der Waals surface area contributed by atoms with Crippen molar-refractivity contribution >= 4 is 11.6 Å². The summed E-state index contributed by atoms with van der Waals surface area (Å²) in [6.07, 6.45) is -2.30. The predicted molar refractivity (Wildman–Crippen MR) is 108 cm³/mol. The number of halogens is 3. The largest absolute Gasteiger partial charge is 0.416 e. The van der Waals surface area contributed by atoms with Crippen LogP contribution in [0.4, 0.5) is 18.9 Å². The third-order valence-corrected chi connectivity index (χ3v) is 5.26. The van der Waals surface area contributed by atoms with E-state index in [9.17, 15) is 22.8 Å². The maximum atomic E-state index is 13.2. The molecule has 1 aliphatic rings. The fraction of sp³-hybridized carbons (Fsp3) is 0.217. The summed E-state index contributed by atoms with van der Waals surface area (Å²) in [5.41, 5.74) is 1.39. The second kappa shape index (κ2) is 7.48. The van der Waals surface area contributed by atoms with E-state index in [1.165, 1.54) is 35.0 Å². The second-order valence-electron chi connectivity index (χ2n) is 7.44. The molecule has 0 unspecified atom stereocenters. The Morgan fingerprint density at radius 2 is 1.83 bits per heavy atom. The lowest BCUT2D eigenvalue weighted by Gasteiger charge is -2.23. The minimum atomic E-state index is -4.46. The van der Waals surface area contributed by atoms with Crippen molar-refractivity contribution in [3.05, 3.63) is 99.5 Å². The molecule has 0 radical (unpaired) electrons. The number of rotatable bonds is 3. The minimum absolute atomic E-state index is 0.0289. The normalized spacial score (nSPS) is 15.9. The number of carbonyl (C=O) groups is 1. The smallest absolute Gasteiger partial charge is 0.310 e. The van der Waals surface area contributed by atoms with Crippen molar-refractivity contribution in [1.82, 2.24) is 4.57 Å². The van der Waals surface area contributed by atoms with Crippen molar-refractivity contribution in [2.45, 2.75) is 32.1 Å². The fourth-order valence-corrected chi connectivity index (χ4v) is 3.84. The summed E-state index contributed by atoms with van der Waals surface area (Å²) in [7, 11) is 0. The number of hydrogen-bond acceptors (Lipinski definition) is 2. The van der Waals surface area contributed by atoms with Crippen LogP contribution in [0.2, 0.25) is 0 Å². The van der Waals surface area contributed by atoms with E-state index in [4.69, 9.17) is 0 Å². The van der Waals surface area contributed by atoms with E-state index in [2.05, 4.69) is 0 Å². The third kappa shape index (κ3) is 3.75. The Kier molecular flexibility index (Phi) is 4.97. The lowest BCUT2D eigenvalue weighted by atomic mass is 10.1. The number of aromatic nitrogens is 1. The van der Waals surface area contributed by atoms with Gasteiger partial charge in [-0.15, -0.1) is 0 Å². The average molecular weight is 412 g/mol. The van der Waals surface area contributed by atoms with Gasteiger partial charge in [0, 0.05) is 24.0 Å². The molecule has 0 spiro atoms. The van der Waals surface area contributed by atoms with Crippen LogP contribution in [0.15, 0.2) is 71.7 Å². The van der Waals surface area contributed by atoms with Gasteiger partial charge in [-0.1, -0.05) is 30.3 Å². The average Bonchev–Trinajstić information content (AvgIpc) is 3.04. The monoisotopic (exact) mass is 412 g/mol. The first-order valence-electron chi connectivity index (χ1n) is 9.52. The van der Waals surface area contributed by atoms with E-state index in [0.29, 0.717) is 11.1 Å². The van der Waals surface area contributed by atoms with Gasteiger partial charge in [0.25, 0.3) is 11.5 Å². The third-order valence-electron chi connectivity index (χ3n) is 5.26. The molecule has 1 aliphatic heterocycles. The van der Waals surface area contributed by atoms with Crippen molar-refractivity contribution in [2.75, 3.05) is 4.90 Å². The molecule has 0 N–H and O–H groups in total. The summed E-state index contributed by atoms with van der Waals surface area (Å²) in [5, 5.41) is 0. The molecular formula is C23H19F3N2O2. The molecule has 0 saturated heterocycles. The molecule has 4 nitrogen and oxygen atoms in total. The molecule has 1 aromatic heterocycles. The Morgan fingerprint density at radius 1 is 1.07 bits per heavy atom. The predicted octanol–water partition coefficient (Wildman–Crippen LogP) is 4.51. The van der Waals surface area contributed by atoms with Gasteiger partial charge in [-0.2, -0.15) is 13.2 Å². The molecule has 0 saturated carbocycles. The molecule has 30 heavy (non-hydrogen) atoms. The summed E-state index contributed by atoms with van der Waals surface area (Å²) in [4.78, 5) is 27.2. The van der Waals surface area contributed by atoms with Crippen LogP contribution in [0, 0.1) is 0 Å². The SMILES string of the molecule is C[C@H]1Cc2ccccc2N1C(=O)c1ccc(=O)n(Cc2cccc(C(F)(F)F)c2)c1. The summed E-state index contributed by atoms with van der Waals surface area (Å²) in [6, 6.07) is 15.2. The van der Waals surface area contributed by atoms with Gasteiger partial charge in [0.05, 0.1) is 17.7 Å². The van der Waals surface area contributed by atoms with Crippen molar-refractivity contribution in [2.24, 2.45) is 0 Å². The Bertz CT molecular complexity index is 1170. The van der Waals surface area contributed by atoms with Crippen molar-refractivity contribution in [3.63, 3.8) is 0 Å². The zero-order chi connectivity index (χ0) is 21.5. The molecule has 0 fully saturated rings. The van der Waals surface area contributed by atoms with E-state index in [-0.39, 0.29) is 24.1 Å². The maximum Gasteiger partial charge on any atom is 0.416 e. The highest BCUT2D eigenvalue weighted by atomic mass is 19.4. The lowest BCUT2D eigenvalue weighted by molar-refractivity contribution is -0.137. The van der Waals surface area contributed by atoms with Crippen molar-refractivity contribution in [1.29, 1.82) is 0 Å². The van der Waals surface area contributed by atoms with Gasteiger partial charge in [0.1, 0.15) is 0 Å². The Balaban J connectivity index is 1.65. The minimum Gasteiger partial charge on any atom is -0.310 e. The lowest BCUT2D eigenvalue weighted by Crippen LogP contribution is -2.36. The molecule has 1 atom stereocenters. The zero-order valence-electron chi connectivity index (χ0n) is 16.2. The summed E-state index contributed by atoms with van der Waals surface area (Å²) >= 11 is 0. The van der Waals surface area contributed by atoms with Crippen LogP contribution in [0.5, 0.6) is 0 Å². The molecule has 2 heterocycles.